The third-order valence-corrected chi connectivity index (χ3v) is 3.10. The van der Waals surface area contributed by atoms with Crippen LogP contribution < -0.4 is 5.32 Å². The number of nitrogens with zero attached hydrogens (tertiary/aromatic N) is 3. The molecule has 16 heavy (non-hydrogen) atoms. The van der Waals surface area contributed by atoms with Gasteiger partial charge in [0.1, 0.15) is 0 Å². The van der Waals surface area contributed by atoms with Crippen LogP contribution in [0.5, 0.6) is 0 Å². The first-order valence-corrected chi connectivity index (χ1v) is 5.52. The highest BCUT2D eigenvalue weighted by Gasteiger charge is 2.11. The molecule has 0 saturated heterocycles. The van der Waals surface area contributed by atoms with Gasteiger partial charge in [-0.1, -0.05) is 17.3 Å². The van der Waals surface area contributed by atoms with Crippen LogP contribution in [0.25, 0.3) is 11.3 Å². The summed E-state index contributed by atoms with van der Waals surface area (Å²) in [6.45, 7) is 2.05. The Morgan fingerprint density at radius 1 is 1.31 bits per heavy atom. The first kappa shape index (κ1) is 9.54. The number of hydrogen-bond donors (Lipinski definition) is 1. The molecule has 0 aliphatic carbocycles. The second kappa shape index (κ2) is 3.72. The molecule has 1 aromatic carbocycles. The van der Waals surface area contributed by atoms with E-state index in [4.69, 9.17) is 0 Å². The Bertz CT molecular complexity index is 515. The number of benzene rings is 1. The number of aryl methyl sites for hydroxylation is 1. The third-order valence-electron chi connectivity index (χ3n) is 3.10. The lowest BCUT2D eigenvalue weighted by atomic mass is 9.97. The average molecular weight is 214 g/mol. The predicted molar refractivity (Wildman–Crippen MR) is 61.8 cm³/mol. The first-order chi connectivity index (χ1) is 7.84. The quantitative estimate of drug-likeness (QED) is 0.773. The van der Waals surface area contributed by atoms with Crippen molar-refractivity contribution < 1.29 is 0 Å². The summed E-state index contributed by atoms with van der Waals surface area (Å²) in [5.41, 5.74) is 5.12. The van der Waals surface area contributed by atoms with Crippen LogP contribution in [0.2, 0.25) is 0 Å². The Kier molecular flexibility index (Phi) is 2.22. The molecule has 0 amide bonds. The van der Waals surface area contributed by atoms with E-state index in [1.807, 2.05) is 17.9 Å². The summed E-state index contributed by atoms with van der Waals surface area (Å²) in [6, 6.07) is 6.60. The molecule has 4 nitrogen and oxygen atoms in total. The molecule has 0 unspecified atom stereocenters. The van der Waals surface area contributed by atoms with E-state index >= 15 is 0 Å². The van der Waals surface area contributed by atoms with E-state index in [9.17, 15) is 0 Å². The summed E-state index contributed by atoms with van der Waals surface area (Å²) in [4.78, 5) is 0. The molecular weight excluding hydrogens is 200 g/mol. The Labute approximate surface area is 94.3 Å². The fourth-order valence-electron chi connectivity index (χ4n) is 2.19. The van der Waals surface area contributed by atoms with Crippen molar-refractivity contribution in [3.05, 3.63) is 35.5 Å². The zero-order valence-electron chi connectivity index (χ0n) is 9.27. The van der Waals surface area contributed by atoms with E-state index in [1.165, 1.54) is 16.7 Å². The zero-order chi connectivity index (χ0) is 11.0. The van der Waals surface area contributed by atoms with E-state index in [0.29, 0.717) is 0 Å². The fourth-order valence-corrected chi connectivity index (χ4v) is 2.19. The molecule has 1 aliphatic rings. The van der Waals surface area contributed by atoms with Crippen LogP contribution in [0, 0.1) is 0 Å². The lowest BCUT2D eigenvalue weighted by Crippen LogP contribution is -2.23. The van der Waals surface area contributed by atoms with Gasteiger partial charge in [0.15, 0.2) is 0 Å². The molecule has 0 saturated carbocycles. The van der Waals surface area contributed by atoms with Crippen molar-refractivity contribution in [2.24, 2.45) is 7.05 Å². The molecule has 1 N–H and O–H groups in total. The topological polar surface area (TPSA) is 42.7 Å². The number of hydrogen-bond acceptors (Lipinski definition) is 3. The van der Waals surface area contributed by atoms with E-state index in [0.717, 1.165) is 25.2 Å². The number of fused-ring (bicyclic) bond motifs is 1. The van der Waals surface area contributed by atoms with Crippen LogP contribution >= 0.6 is 0 Å². The van der Waals surface area contributed by atoms with Crippen molar-refractivity contribution in [1.29, 1.82) is 0 Å². The van der Waals surface area contributed by atoms with Gasteiger partial charge in [0, 0.05) is 19.2 Å². The van der Waals surface area contributed by atoms with Crippen molar-refractivity contribution in [1.82, 2.24) is 20.3 Å². The van der Waals surface area contributed by atoms with Gasteiger partial charge >= 0.3 is 0 Å². The van der Waals surface area contributed by atoms with Gasteiger partial charge in [0.2, 0.25) is 0 Å². The van der Waals surface area contributed by atoms with Gasteiger partial charge in [-0.2, -0.15) is 0 Å². The summed E-state index contributed by atoms with van der Waals surface area (Å²) in [5.74, 6) is 0. The van der Waals surface area contributed by atoms with E-state index < -0.39 is 0 Å². The molecule has 2 aromatic rings. The molecule has 0 atom stereocenters. The number of nitrogens with one attached hydrogen (secondary N) is 1. The Morgan fingerprint density at radius 3 is 3.06 bits per heavy atom. The highest BCUT2D eigenvalue weighted by Crippen LogP contribution is 2.23. The van der Waals surface area contributed by atoms with Crippen LogP contribution in [-0.2, 0) is 20.0 Å². The first-order valence-electron chi connectivity index (χ1n) is 5.52. The third kappa shape index (κ3) is 1.51. The van der Waals surface area contributed by atoms with Gasteiger partial charge in [-0.05, 0) is 30.2 Å². The summed E-state index contributed by atoms with van der Waals surface area (Å²) in [5, 5.41) is 11.2. The highest BCUT2D eigenvalue weighted by atomic mass is 15.4. The maximum absolute atomic E-state index is 3.96. The molecule has 0 spiro atoms. The summed E-state index contributed by atoms with van der Waals surface area (Å²) >= 11 is 0. The maximum atomic E-state index is 3.96. The van der Waals surface area contributed by atoms with Crippen LogP contribution in [0.3, 0.4) is 0 Å². The van der Waals surface area contributed by atoms with Crippen molar-refractivity contribution in [3.8, 4) is 11.3 Å². The molecule has 1 aliphatic heterocycles. The SMILES string of the molecule is Cn1nncc1-c1ccc2c(c1)CCNC2. The van der Waals surface area contributed by atoms with E-state index in [1.54, 1.807) is 0 Å². The standard InChI is InChI=1S/C12H14N4/c1-16-12(8-14-15-16)10-2-3-11-7-13-5-4-9(11)6-10/h2-3,6,8,13H,4-5,7H2,1H3. The molecule has 82 valence electrons. The lowest BCUT2D eigenvalue weighted by molar-refractivity contribution is 0.644. The summed E-state index contributed by atoms with van der Waals surface area (Å²) in [6.07, 6.45) is 2.91. The zero-order valence-corrected chi connectivity index (χ0v) is 9.27. The highest BCUT2D eigenvalue weighted by molar-refractivity contribution is 5.60. The Morgan fingerprint density at radius 2 is 2.25 bits per heavy atom. The molecule has 0 fully saturated rings. The molecule has 1 aromatic heterocycles. The van der Waals surface area contributed by atoms with E-state index in [2.05, 4.69) is 33.8 Å². The monoisotopic (exact) mass is 214 g/mol. The minimum Gasteiger partial charge on any atom is -0.312 e. The van der Waals surface area contributed by atoms with Gasteiger partial charge in [-0.3, -0.25) is 0 Å². The number of aromatic nitrogens is 3. The van der Waals surface area contributed by atoms with Gasteiger partial charge in [-0.25, -0.2) is 4.68 Å². The molecule has 0 bridgehead atoms. The van der Waals surface area contributed by atoms with Crippen molar-refractivity contribution >= 4 is 0 Å². The second-order valence-corrected chi connectivity index (χ2v) is 4.15. The van der Waals surface area contributed by atoms with Crippen LogP contribution in [0.1, 0.15) is 11.1 Å². The molecule has 2 heterocycles. The number of rotatable bonds is 1. The lowest BCUT2D eigenvalue weighted by Gasteiger charge is -2.17. The van der Waals surface area contributed by atoms with E-state index in [-0.39, 0.29) is 0 Å². The van der Waals surface area contributed by atoms with Crippen molar-refractivity contribution in [2.45, 2.75) is 13.0 Å². The molecule has 3 rings (SSSR count). The normalized spacial score (nSPS) is 14.8. The molecular formula is C12H14N4. The van der Waals surface area contributed by atoms with Crippen molar-refractivity contribution in [3.63, 3.8) is 0 Å². The molecule has 4 heteroatoms. The Hall–Kier alpha value is -1.68. The van der Waals surface area contributed by atoms with Crippen LogP contribution in [0.15, 0.2) is 24.4 Å². The second-order valence-electron chi connectivity index (χ2n) is 4.15. The fraction of sp³-hybridized carbons (Fsp3) is 0.333. The van der Waals surface area contributed by atoms with Gasteiger partial charge in [0.05, 0.1) is 11.9 Å². The van der Waals surface area contributed by atoms with Crippen molar-refractivity contribution in [2.75, 3.05) is 6.54 Å². The van der Waals surface area contributed by atoms with Gasteiger partial charge < -0.3 is 5.32 Å². The van der Waals surface area contributed by atoms with Gasteiger partial charge in [0.25, 0.3) is 0 Å². The minimum absolute atomic E-state index is 0.985. The molecule has 0 radical (unpaired) electrons. The largest absolute Gasteiger partial charge is 0.312 e. The summed E-state index contributed by atoms with van der Waals surface area (Å²) in [7, 11) is 1.92. The average Bonchev–Trinajstić information content (AvgIpc) is 2.75. The maximum Gasteiger partial charge on any atom is 0.0882 e. The summed E-state index contributed by atoms with van der Waals surface area (Å²) < 4.78 is 1.81. The van der Waals surface area contributed by atoms with Crippen LogP contribution in [-0.4, -0.2) is 21.5 Å². The predicted octanol–water partition coefficient (Wildman–Crippen LogP) is 1.13. The minimum atomic E-state index is 0.985. The Balaban J connectivity index is 2.06. The van der Waals surface area contributed by atoms with Gasteiger partial charge in [-0.15, -0.1) is 5.10 Å². The van der Waals surface area contributed by atoms with Crippen LogP contribution in [0.4, 0.5) is 0 Å². The smallest absolute Gasteiger partial charge is 0.0882 e.